The zero-order chi connectivity index (χ0) is 16.5. The van der Waals surface area contributed by atoms with Gasteiger partial charge in [0.1, 0.15) is 6.04 Å². The molecule has 2 fully saturated rings. The van der Waals surface area contributed by atoms with E-state index >= 15 is 0 Å². The maximum absolute atomic E-state index is 13.0. The highest BCUT2D eigenvalue weighted by Gasteiger charge is 2.38. The third kappa shape index (κ3) is 2.68. The van der Waals surface area contributed by atoms with Gasteiger partial charge in [-0.1, -0.05) is 37.5 Å². The van der Waals surface area contributed by atoms with Crippen LogP contribution in [0.2, 0.25) is 0 Å². The smallest absolute Gasteiger partial charge is 0.247 e. The molecular formula is C19H23N3O2. The Labute approximate surface area is 141 Å². The average molecular weight is 325 g/mol. The van der Waals surface area contributed by atoms with Gasteiger partial charge < -0.3 is 15.2 Å². The van der Waals surface area contributed by atoms with Crippen LogP contribution in [-0.4, -0.2) is 34.3 Å². The van der Waals surface area contributed by atoms with Crippen LogP contribution in [0, 0.1) is 0 Å². The van der Waals surface area contributed by atoms with Crippen molar-refractivity contribution >= 4 is 22.7 Å². The van der Waals surface area contributed by atoms with Gasteiger partial charge in [0.25, 0.3) is 0 Å². The topological polar surface area (TPSA) is 65.2 Å². The number of hydrogen-bond donors (Lipinski definition) is 2. The van der Waals surface area contributed by atoms with Crippen LogP contribution in [0.4, 0.5) is 0 Å². The Morgan fingerprint density at radius 1 is 1.21 bits per heavy atom. The van der Waals surface area contributed by atoms with E-state index in [1.54, 1.807) is 4.90 Å². The molecule has 1 atom stereocenters. The molecule has 126 valence electrons. The zero-order valence-corrected chi connectivity index (χ0v) is 13.8. The number of fused-ring (bicyclic) bond motifs is 1. The molecule has 1 aromatic heterocycles. The van der Waals surface area contributed by atoms with Crippen molar-refractivity contribution < 1.29 is 9.59 Å². The normalized spacial score (nSPS) is 20.0. The molecule has 0 bridgehead atoms. The largest absolute Gasteiger partial charge is 0.361 e. The first-order chi connectivity index (χ1) is 11.7. The Morgan fingerprint density at radius 3 is 2.71 bits per heavy atom. The Bertz CT molecular complexity index is 761. The Hall–Kier alpha value is -2.30. The standard InChI is InChI=1S/C19H23N3O2/c23-17-10-11-22(17)18(19(24)21-13-6-2-1-3-7-13)15-12-20-16-9-5-4-8-14(15)16/h4-5,8-9,12-13,18,20H,1-3,6-7,10-11H2,(H,21,24). The molecule has 0 spiro atoms. The van der Waals surface area contributed by atoms with Gasteiger partial charge in [-0.15, -0.1) is 0 Å². The number of nitrogens with one attached hydrogen (secondary N) is 2. The van der Waals surface area contributed by atoms with Gasteiger partial charge in [-0.05, 0) is 18.9 Å². The molecule has 4 rings (SSSR count). The van der Waals surface area contributed by atoms with E-state index in [9.17, 15) is 9.59 Å². The molecule has 1 aliphatic carbocycles. The fourth-order valence-corrected chi connectivity index (χ4v) is 3.90. The van der Waals surface area contributed by atoms with Crippen molar-refractivity contribution in [2.24, 2.45) is 0 Å². The lowest BCUT2D eigenvalue weighted by atomic mass is 9.94. The third-order valence-corrected chi connectivity index (χ3v) is 5.31. The molecule has 1 saturated carbocycles. The van der Waals surface area contributed by atoms with Crippen molar-refractivity contribution in [3.63, 3.8) is 0 Å². The molecular weight excluding hydrogens is 302 g/mol. The highest BCUT2D eigenvalue weighted by Crippen LogP contribution is 2.32. The van der Waals surface area contributed by atoms with Crippen LogP contribution in [-0.2, 0) is 9.59 Å². The molecule has 2 amide bonds. The van der Waals surface area contributed by atoms with Crippen molar-refractivity contribution in [2.45, 2.75) is 50.6 Å². The van der Waals surface area contributed by atoms with Crippen LogP contribution in [0.3, 0.4) is 0 Å². The lowest BCUT2D eigenvalue weighted by molar-refractivity contribution is -0.149. The molecule has 1 aliphatic heterocycles. The predicted octanol–water partition coefficient (Wildman–Crippen LogP) is 2.89. The van der Waals surface area contributed by atoms with Crippen LogP contribution >= 0.6 is 0 Å². The van der Waals surface area contributed by atoms with E-state index in [2.05, 4.69) is 10.3 Å². The quantitative estimate of drug-likeness (QED) is 0.849. The van der Waals surface area contributed by atoms with Crippen LogP contribution in [0.1, 0.15) is 50.1 Å². The number of carbonyl (C=O) groups is 2. The van der Waals surface area contributed by atoms with E-state index in [1.165, 1.54) is 19.3 Å². The SMILES string of the molecule is O=C(NC1CCCCC1)C(c1c[nH]c2ccccc12)N1CCC1=O. The van der Waals surface area contributed by atoms with Crippen LogP contribution in [0.25, 0.3) is 10.9 Å². The Balaban J connectivity index is 1.64. The van der Waals surface area contributed by atoms with Crippen molar-refractivity contribution in [2.75, 3.05) is 6.54 Å². The number of likely N-dealkylation sites (tertiary alicyclic amines) is 1. The number of H-pyrrole nitrogens is 1. The maximum atomic E-state index is 13.0. The number of benzene rings is 1. The summed E-state index contributed by atoms with van der Waals surface area (Å²) in [5, 5.41) is 4.21. The molecule has 24 heavy (non-hydrogen) atoms. The van der Waals surface area contributed by atoms with E-state index < -0.39 is 6.04 Å². The van der Waals surface area contributed by atoms with E-state index in [0.29, 0.717) is 13.0 Å². The average Bonchev–Trinajstić information content (AvgIpc) is 3.02. The minimum absolute atomic E-state index is 0.0419. The fourth-order valence-electron chi connectivity index (χ4n) is 3.90. The summed E-state index contributed by atoms with van der Waals surface area (Å²) in [6.45, 7) is 0.654. The lowest BCUT2D eigenvalue weighted by Crippen LogP contribution is -2.52. The summed E-state index contributed by atoms with van der Waals surface area (Å²) in [4.78, 5) is 30.0. The minimum atomic E-state index is -0.524. The van der Waals surface area contributed by atoms with Crippen molar-refractivity contribution in [3.05, 3.63) is 36.0 Å². The number of amides is 2. The first kappa shape index (κ1) is 15.2. The van der Waals surface area contributed by atoms with Crippen LogP contribution in [0.5, 0.6) is 0 Å². The number of aromatic amines is 1. The molecule has 2 aliphatic rings. The number of aromatic nitrogens is 1. The predicted molar refractivity (Wildman–Crippen MR) is 92.4 cm³/mol. The van der Waals surface area contributed by atoms with Gasteiger partial charge >= 0.3 is 0 Å². The number of carbonyl (C=O) groups excluding carboxylic acids is 2. The van der Waals surface area contributed by atoms with Gasteiger partial charge in [0, 0.05) is 41.7 Å². The zero-order valence-electron chi connectivity index (χ0n) is 13.8. The summed E-state index contributed by atoms with van der Waals surface area (Å²) in [5.74, 6) is 0.0174. The van der Waals surface area contributed by atoms with E-state index in [0.717, 1.165) is 29.3 Å². The summed E-state index contributed by atoms with van der Waals surface area (Å²) >= 11 is 0. The van der Waals surface area contributed by atoms with Crippen molar-refractivity contribution in [1.82, 2.24) is 15.2 Å². The highest BCUT2D eigenvalue weighted by atomic mass is 16.2. The lowest BCUT2D eigenvalue weighted by Gasteiger charge is -2.38. The molecule has 2 heterocycles. The van der Waals surface area contributed by atoms with Gasteiger partial charge in [0.15, 0.2) is 0 Å². The number of para-hydroxylation sites is 1. The maximum Gasteiger partial charge on any atom is 0.247 e. The molecule has 5 heteroatoms. The number of hydrogen-bond acceptors (Lipinski definition) is 2. The van der Waals surface area contributed by atoms with E-state index in [-0.39, 0.29) is 17.9 Å². The van der Waals surface area contributed by atoms with E-state index in [1.807, 2.05) is 30.5 Å². The summed E-state index contributed by atoms with van der Waals surface area (Å²) < 4.78 is 0. The molecule has 2 N–H and O–H groups in total. The highest BCUT2D eigenvalue weighted by molar-refractivity contribution is 5.96. The third-order valence-electron chi connectivity index (χ3n) is 5.31. The molecule has 0 radical (unpaired) electrons. The fraction of sp³-hybridized carbons (Fsp3) is 0.474. The second-order valence-electron chi connectivity index (χ2n) is 6.87. The number of β-lactam (4-membered cyclic amide) rings is 1. The number of rotatable bonds is 4. The van der Waals surface area contributed by atoms with Gasteiger partial charge in [0.2, 0.25) is 11.8 Å². The molecule has 1 saturated heterocycles. The monoisotopic (exact) mass is 325 g/mol. The molecule has 5 nitrogen and oxygen atoms in total. The van der Waals surface area contributed by atoms with Gasteiger partial charge in [0.05, 0.1) is 0 Å². The minimum Gasteiger partial charge on any atom is -0.361 e. The van der Waals surface area contributed by atoms with Gasteiger partial charge in [-0.3, -0.25) is 9.59 Å². The summed E-state index contributed by atoms with van der Waals surface area (Å²) in [6, 6.07) is 7.65. The summed E-state index contributed by atoms with van der Waals surface area (Å²) in [5.41, 5.74) is 1.89. The Morgan fingerprint density at radius 2 is 2.00 bits per heavy atom. The first-order valence-electron chi connectivity index (χ1n) is 8.90. The second-order valence-corrected chi connectivity index (χ2v) is 6.87. The second kappa shape index (κ2) is 6.30. The first-order valence-corrected chi connectivity index (χ1v) is 8.90. The Kier molecular flexibility index (Phi) is 4.00. The van der Waals surface area contributed by atoms with Crippen molar-refractivity contribution in [1.29, 1.82) is 0 Å². The van der Waals surface area contributed by atoms with Crippen LogP contribution in [0.15, 0.2) is 30.5 Å². The van der Waals surface area contributed by atoms with Gasteiger partial charge in [-0.25, -0.2) is 0 Å². The van der Waals surface area contributed by atoms with Crippen molar-refractivity contribution in [3.8, 4) is 0 Å². The van der Waals surface area contributed by atoms with Gasteiger partial charge in [-0.2, -0.15) is 0 Å². The van der Waals surface area contributed by atoms with E-state index in [4.69, 9.17) is 0 Å². The molecule has 1 aromatic carbocycles. The molecule has 1 unspecified atom stereocenters. The number of nitrogens with zero attached hydrogens (tertiary/aromatic N) is 1. The molecule has 2 aromatic rings. The summed E-state index contributed by atoms with van der Waals surface area (Å²) in [6.07, 6.45) is 8.09. The van der Waals surface area contributed by atoms with Crippen LogP contribution < -0.4 is 5.32 Å². The summed E-state index contributed by atoms with van der Waals surface area (Å²) in [7, 11) is 0.